The molecular formula is C23H21Cl2NO4. The van der Waals surface area contributed by atoms with Crippen molar-refractivity contribution in [3.05, 3.63) is 86.9 Å². The van der Waals surface area contributed by atoms with Gasteiger partial charge in [0, 0.05) is 12.2 Å². The fourth-order valence-corrected chi connectivity index (χ4v) is 3.49. The topological polar surface area (TPSA) is 67.8 Å². The second kappa shape index (κ2) is 9.74. The quantitative estimate of drug-likeness (QED) is 0.431. The van der Waals surface area contributed by atoms with Gasteiger partial charge in [-0.05, 0) is 53.9 Å². The smallest absolute Gasteiger partial charge is 0.337 e. The Balaban J connectivity index is 1.73. The summed E-state index contributed by atoms with van der Waals surface area (Å²) in [5.41, 5.74) is 3.84. The standard InChI is InChI=1S/C23H21Cl2NO4/c1-14-5-3-4-6-16(14)13-30-22-20(25)9-15(10-21(22)29-2)12-26-17-7-8-18(23(27)28)19(24)11-17/h3-11,26H,12-13H2,1-2H3,(H,27,28). The third-order valence-corrected chi connectivity index (χ3v) is 5.21. The van der Waals surface area contributed by atoms with Crippen molar-refractivity contribution in [2.75, 3.05) is 12.4 Å². The van der Waals surface area contributed by atoms with Gasteiger partial charge in [0.2, 0.25) is 0 Å². The van der Waals surface area contributed by atoms with Gasteiger partial charge in [-0.15, -0.1) is 0 Å². The molecule has 0 radical (unpaired) electrons. The second-order valence-corrected chi connectivity index (χ2v) is 7.49. The van der Waals surface area contributed by atoms with Crippen LogP contribution in [0.2, 0.25) is 10.0 Å². The molecule has 0 bridgehead atoms. The van der Waals surface area contributed by atoms with Crippen molar-refractivity contribution < 1.29 is 19.4 Å². The number of aryl methyl sites for hydroxylation is 1. The minimum absolute atomic E-state index is 0.0575. The van der Waals surface area contributed by atoms with Crippen LogP contribution in [0.15, 0.2) is 54.6 Å². The zero-order valence-corrected chi connectivity index (χ0v) is 18.1. The summed E-state index contributed by atoms with van der Waals surface area (Å²) in [4.78, 5) is 11.1. The first kappa shape index (κ1) is 21.8. The Morgan fingerprint density at radius 3 is 2.50 bits per heavy atom. The number of hydrogen-bond acceptors (Lipinski definition) is 4. The highest BCUT2D eigenvalue weighted by atomic mass is 35.5. The number of rotatable bonds is 8. The summed E-state index contributed by atoms with van der Waals surface area (Å²) in [6.45, 7) is 2.85. The van der Waals surface area contributed by atoms with Gasteiger partial charge in [0.05, 0.1) is 22.7 Å². The number of anilines is 1. The predicted molar refractivity (Wildman–Crippen MR) is 119 cm³/mol. The van der Waals surface area contributed by atoms with Crippen LogP contribution in [0.1, 0.15) is 27.0 Å². The molecule has 0 saturated carbocycles. The first-order valence-corrected chi connectivity index (χ1v) is 9.95. The van der Waals surface area contributed by atoms with E-state index in [-0.39, 0.29) is 10.6 Å². The number of aromatic carboxylic acids is 1. The normalized spacial score (nSPS) is 10.5. The number of hydrogen-bond donors (Lipinski definition) is 2. The third kappa shape index (κ3) is 5.17. The van der Waals surface area contributed by atoms with Gasteiger partial charge in [-0.3, -0.25) is 0 Å². The Labute approximate surface area is 185 Å². The van der Waals surface area contributed by atoms with E-state index in [1.165, 1.54) is 6.07 Å². The number of carboxylic acids is 1. The van der Waals surface area contributed by atoms with Gasteiger partial charge < -0.3 is 19.9 Å². The summed E-state index contributed by atoms with van der Waals surface area (Å²) in [7, 11) is 1.56. The number of nitrogens with one attached hydrogen (secondary N) is 1. The lowest BCUT2D eigenvalue weighted by atomic mass is 10.1. The lowest BCUT2D eigenvalue weighted by Crippen LogP contribution is -2.04. The van der Waals surface area contributed by atoms with Crippen LogP contribution in [-0.2, 0) is 13.2 Å². The Hall–Kier alpha value is -2.89. The second-order valence-electron chi connectivity index (χ2n) is 6.68. The molecule has 0 saturated heterocycles. The Kier molecular flexibility index (Phi) is 7.08. The maximum absolute atomic E-state index is 11.1. The molecule has 0 amide bonds. The predicted octanol–water partition coefficient (Wildman–Crippen LogP) is 6.20. The van der Waals surface area contributed by atoms with Crippen LogP contribution >= 0.6 is 23.2 Å². The first-order valence-electron chi connectivity index (χ1n) is 9.19. The van der Waals surface area contributed by atoms with Crippen molar-refractivity contribution in [3.8, 4) is 11.5 Å². The van der Waals surface area contributed by atoms with Gasteiger partial charge >= 0.3 is 5.97 Å². The molecule has 5 nitrogen and oxygen atoms in total. The average molecular weight is 446 g/mol. The molecule has 3 rings (SSSR count). The van der Waals surface area contributed by atoms with Crippen LogP contribution in [-0.4, -0.2) is 18.2 Å². The maximum atomic E-state index is 11.1. The van der Waals surface area contributed by atoms with Crippen molar-refractivity contribution >= 4 is 34.9 Å². The first-order chi connectivity index (χ1) is 14.4. The van der Waals surface area contributed by atoms with Gasteiger partial charge in [-0.25, -0.2) is 4.79 Å². The van der Waals surface area contributed by atoms with Gasteiger partial charge in [0.25, 0.3) is 0 Å². The molecule has 0 fully saturated rings. The summed E-state index contributed by atoms with van der Waals surface area (Å²) in [6.07, 6.45) is 0. The van der Waals surface area contributed by atoms with E-state index in [1.807, 2.05) is 37.3 Å². The molecule has 30 heavy (non-hydrogen) atoms. The Bertz CT molecular complexity index is 1070. The summed E-state index contributed by atoms with van der Waals surface area (Å²) in [5.74, 6) is -0.0449. The van der Waals surface area contributed by atoms with E-state index in [0.29, 0.717) is 35.4 Å². The van der Waals surface area contributed by atoms with Gasteiger partial charge in [0.15, 0.2) is 11.5 Å². The molecule has 7 heteroatoms. The van der Waals surface area contributed by atoms with Crippen LogP contribution in [0.5, 0.6) is 11.5 Å². The van der Waals surface area contributed by atoms with Crippen molar-refractivity contribution in [2.45, 2.75) is 20.1 Å². The summed E-state index contributed by atoms with van der Waals surface area (Å²) in [6, 6.07) is 16.3. The highest BCUT2D eigenvalue weighted by molar-refractivity contribution is 6.33. The number of carbonyl (C=O) groups is 1. The zero-order chi connectivity index (χ0) is 21.7. The molecule has 3 aromatic carbocycles. The number of benzene rings is 3. The molecule has 0 aliphatic heterocycles. The van der Waals surface area contributed by atoms with E-state index in [2.05, 4.69) is 5.32 Å². The molecule has 0 aliphatic rings. The van der Waals surface area contributed by atoms with E-state index in [0.717, 1.165) is 16.7 Å². The highest BCUT2D eigenvalue weighted by Gasteiger charge is 2.14. The van der Waals surface area contributed by atoms with Gasteiger partial charge in [0.1, 0.15) is 6.61 Å². The summed E-state index contributed by atoms with van der Waals surface area (Å²) < 4.78 is 11.4. The lowest BCUT2D eigenvalue weighted by Gasteiger charge is -2.16. The maximum Gasteiger partial charge on any atom is 0.337 e. The van der Waals surface area contributed by atoms with E-state index in [1.54, 1.807) is 25.3 Å². The highest BCUT2D eigenvalue weighted by Crippen LogP contribution is 2.37. The molecule has 0 heterocycles. The van der Waals surface area contributed by atoms with E-state index >= 15 is 0 Å². The van der Waals surface area contributed by atoms with E-state index < -0.39 is 5.97 Å². The fourth-order valence-electron chi connectivity index (χ4n) is 2.94. The molecule has 0 unspecified atom stereocenters. The van der Waals surface area contributed by atoms with Crippen LogP contribution in [0.3, 0.4) is 0 Å². The zero-order valence-electron chi connectivity index (χ0n) is 16.5. The van der Waals surface area contributed by atoms with E-state index in [9.17, 15) is 4.79 Å². The van der Waals surface area contributed by atoms with Crippen LogP contribution in [0.25, 0.3) is 0 Å². The van der Waals surface area contributed by atoms with Crippen molar-refractivity contribution in [1.29, 1.82) is 0 Å². The van der Waals surface area contributed by atoms with Crippen molar-refractivity contribution in [3.63, 3.8) is 0 Å². The Morgan fingerprint density at radius 2 is 1.83 bits per heavy atom. The molecule has 0 aliphatic carbocycles. The SMILES string of the molecule is COc1cc(CNc2ccc(C(=O)O)c(Cl)c2)cc(Cl)c1OCc1ccccc1C. The lowest BCUT2D eigenvalue weighted by molar-refractivity contribution is 0.0697. The van der Waals surface area contributed by atoms with Crippen molar-refractivity contribution in [2.24, 2.45) is 0 Å². The molecule has 156 valence electrons. The fraction of sp³-hybridized carbons (Fsp3) is 0.174. The molecule has 3 aromatic rings. The number of halogens is 2. The summed E-state index contributed by atoms with van der Waals surface area (Å²) >= 11 is 12.5. The minimum atomic E-state index is -1.07. The average Bonchev–Trinajstić information content (AvgIpc) is 2.72. The minimum Gasteiger partial charge on any atom is -0.493 e. The number of methoxy groups -OCH3 is 1. The van der Waals surface area contributed by atoms with Gasteiger partial charge in [-0.2, -0.15) is 0 Å². The Morgan fingerprint density at radius 1 is 1.07 bits per heavy atom. The number of carboxylic acid groups (broad SMARTS) is 1. The third-order valence-electron chi connectivity index (χ3n) is 4.62. The van der Waals surface area contributed by atoms with Crippen LogP contribution in [0, 0.1) is 6.92 Å². The van der Waals surface area contributed by atoms with Crippen molar-refractivity contribution in [1.82, 2.24) is 0 Å². The van der Waals surface area contributed by atoms with Gasteiger partial charge in [-0.1, -0.05) is 47.5 Å². The molecule has 2 N–H and O–H groups in total. The van der Waals surface area contributed by atoms with E-state index in [4.69, 9.17) is 37.8 Å². The molecule has 0 atom stereocenters. The molecular weight excluding hydrogens is 425 g/mol. The van der Waals surface area contributed by atoms with Crippen LogP contribution < -0.4 is 14.8 Å². The molecule has 0 aromatic heterocycles. The van der Waals surface area contributed by atoms with Crippen LogP contribution in [0.4, 0.5) is 5.69 Å². The molecule has 0 spiro atoms. The number of ether oxygens (including phenoxy) is 2. The monoisotopic (exact) mass is 445 g/mol. The largest absolute Gasteiger partial charge is 0.493 e. The summed E-state index contributed by atoms with van der Waals surface area (Å²) in [5, 5.41) is 12.9.